The molecule has 4 heteroatoms. The molecule has 0 bridgehead atoms. The summed E-state index contributed by atoms with van der Waals surface area (Å²) in [6.45, 7) is 3.28. The maximum atomic E-state index is 10.7. The number of carbonyl (C=O) groups is 1. The van der Waals surface area contributed by atoms with Gasteiger partial charge in [-0.2, -0.15) is 0 Å². The molecule has 3 rings (SSSR count). The number of carboxylic acids is 1. The van der Waals surface area contributed by atoms with E-state index in [1.165, 1.54) is 12.0 Å². The molecule has 4 nitrogen and oxygen atoms in total. The molecule has 94 valence electrons. The van der Waals surface area contributed by atoms with Gasteiger partial charge in [-0.1, -0.05) is 17.7 Å². The Hall–Kier alpha value is -2.23. The molecule has 0 aliphatic carbocycles. The highest BCUT2D eigenvalue weighted by atomic mass is 16.4. The van der Waals surface area contributed by atoms with E-state index in [9.17, 15) is 4.79 Å². The maximum absolute atomic E-state index is 10.7. The zero-order valence-corrected chi connectivity index (χ0v) is 10.2. The van der Waals surface area contributed by atoms with Crippen LogP contribution in [0.4, 0.5) is 0 Å². The van der Waals surface area contributed by atoms with E-state index in [0.29, 0.717) is 11.1 Å². The predicted molar refractivity (Wildman–Crippen MR) is 71.6 cm³/mol. The topological polar surface area (TPSA) is 65.1 Å². The third-order valence-corrected chi connectivity index (χ3v) is 2.83. The highest BCUT2D eigenvalue weighted by Gasteiger charge is 2.07. The van der Waals surface area contributed by atoms with Gasteiger partial charge in [0.05, 0.1) is 11.1 Å². The Balaban J connectivity index is 0.000000169. The van der Waals surface area contributed by atoms with Crippen LogP contribution in [-0.4, -0.2) is 22.6 Å². The van der Waals surface area contributed by atoms with Gasteiger partial charge in [0.15, 0.2) is 0 Å². The van der Waals surface area contributed by atoms with Crippen LogP contribution in [0, 0.1) is 0 Å². The first-order chi connectivity index (χ1) is 8.68. The lowest BCUT2D eigenvalue weighted by atomic mass is 10.1. The van der Waals surface area contributed by atoms with Gasteiger partial charge in [0.2, 0.25) is 0 Å². The highest BCUT2D eigenvalue weighted by molar-refractivity contribution is 6.01. The largest absolute Gasteiger partial charge is 0.478 e. The Morgan fingerprint density at radius 2 is 2.17 bits per heavy atom. The van der Waals surface area contributed by atoms with Crippen molar-refractivity contribution in [2.75, 3.05) is 6.54 Å². The molecule has 2 aromatic rings. The van der Waals surface area contributed by atoms with E-state index in [0.717, 1.165) is 11.9 Å². The molecule has 0 atom stereocenters. The fourth-order valence-corrected chi connectivity index (χ4v) is 1.85. The summed E-state index contributed by atoms with van der Waals surface area (Å²) in [5.74, 6) is -0.900. The van der Waals surface area contributed by atoms with Crippen molar-refractivity contribution in [3.8, 4) is 0 Å². The van der Waals surface area contributed by atoms with Crippen LogP contribution in [0.3, 0.4) is 0 Å². The number of para-hydroxylation sites is 1. The van der Waals surface area contributed by atoms with Gasteiger partial charge in [-0.3, -0.25) is 0 Å². The maximum Gasteiger partial charge on any atom is 0.337 e. The predicted octanol–water partition coefficient (Wildman–Crippen LogP) is 2.75. The summed E-state index contributed by atoms with van der Waals surface area (Å²) in [7, 11) is 0. The van der Waals surface area contributed by atoms with Gasteiger partial charge >= 0.3 is 5.97 Å². The lowest BCUT2D eigenvalue weighted by molar-refractivity contribution is 0.0699. The molecule has 0 amide bonds. The van der Waals surface area contributed by atoms with Gasteiger partial charge < -0.3 is 15.4 Å². The number of aromatic amines is 1. The fourth-order valence-electron chi connectivity index (χ4n) is 1.85. The molecule has 1 aromatic heterocycles. The van der Waals surface area contributed by atoms with Crippen molar-refractivity contribution in [3.05, 3.63) is 47.8 Å². The number of aromatic carboxylic acids is 1. The number of nitrogens with one attached hydrogen (secondary N) is 2. The third kappa shape index (κ3) is 2.71. The monoisotopic (exact) mass is 244 g/mol. The molecule has 1 aromatic carbocycles. The van der Waals surface area contributed by atoms with Crippen LogP contribution in [0.25, 0.3) is 10.9 Å². The number of aromatic nitrogens is 1. The van der Waals surface area contributed by atoms with Gasteiger partial charge in [0.1, 0.15) is 0 Å². The number of hydrogen-bond donors (Lipinski definition) is 3. The van der Waals surface area contributed by atoms with Crippen LogP contribution >= 0.6 is 0 Å². The lowest BCUT2D eigenvalue weighted by Crippen LogP contribution is -1.96. The van der Waals surface area contributed by atoms with E-state index in [-0.39, 0.29) is 0 Å². The van der Waals surface area contributed by atoms with Gasteiger partial charge in [-0.15, -0.1) is 0 Å². The standard InChI is InChI=1S/C9H7NO2.C5H9N/c11-9(12)7-3-1-2-6-4-5-10-8(6)7;1-5-2-3-6-4-5/h1-5,10H,(H,11,12);4,6H,2-3H2,1H3. The van der Waals surface area contributed by atoms with Crippen molar-refractivity contribution < 1.29 is 9.90 Å². The molecule has 1 aliphatic heterocycles. The van der Waals surface area contributed by atoms with E-state index in [1.54, 1.807) is 18.3 Å². The molecule has 0 radical (unpaired) electrons. The van der Waals surface area contributed by atoms with Crippen molar-refractivity contribution in [2.24, 2.45) is 0 Å². The molecular formula is C14H16N2O2. The molecule has 1 aliphatic rings. The Morgan fingerprint density at radius 3 is 2.72 bits per heavy atom. The molecular weight excluding hydrogens is 228 g/mol. The average molecular weight is 244 g/mol. The lowest BCUT2D eigenvalue weighted by Gasteiger charge is -1.95. The smallest absolute Gasteiger partial charge is 0.337 e. The summed E-state index contributed by atoms with van der Waals surface area (Å²) in [6, 6.07) is 7.04. The van der Waals surface area contributed by atoms with Crippen molar-refractivity contribution in [1.82, 2.24) is 10.3 Å². The van der Waals surface area contributed by atoms with Crippen LogP contribution in [-0.2, 0) is 0 Å². The van der Waals surface area contributed by atoms with Crippen molar-refractivity contribution in [1.29, 1.82) is 0 Å². The summed E-state index contributed by atoms with van der Waals surface area (Å²) < 4.78 is 0. The summed E-state index contributed by atoms with van der Waals surface area (Å²) in [4.78, 5) is 13.6. The van der Waals surface area contributed by atoms with Gasteiger partial charge in [-0.25, -0.2) is 4.79 Å². The Labute approximate surface area is 105 Å². The minimum atomic E-state index is -0.900. The minimum Gasteiger partial charge on any atom is -0.478 e. The van der Waals surface area contributed by atoms with Crippen LogP contribution < -0.4 is 5.32 Å². The van der Waals surface area contributed by atoms with Crippen molar-refractivity contribution in [2.45, 2.75) is 13.3 Å². The van der Waals surface area contributed by atoms with Crippen LogP contribution in [0.15, 0.2) is 42.2 Å². The molecule has 0 spiro atoms. The summed E-state index contributed by atoms with van der Waals surface area (Å²) in [6.07, 6.45) is 5.04. The SMILES string of the molecule is CC1=CNCC1.O=C(O)c1cccc2cc[nH]c12. The van der Waals surface area contributed by atoms with Crippen molar-refractivity contribution in [3.63, 3.8) is 0 Å². The first kappa shape index (κ1) is 12.2. The zero-order chi connectivity index (χ0) is 13.0. The van der Waals surface area contributed by atoms with Gasteiger partial charge in [0.25, 0.3) is 0 Å². The normalized spacial score (nSPS) is 13.5. The molecule has 3 N–H and O–H groups in total. The highest BCUT2D eigenvalue weighted by Crippen LogP contribution is 2.16. The van der Waals surface area contributed by atoms with Crippen LogP contribution in [0.5, 0.6) is 0 Å². The number of benzene rings is 1. The molecule has 18 heavy (non-hydrogen) atoms. The van der Waals surface area contributed by atoms with Crippen LogP contribution in [0.2, 0.25) is 0 Å². The van der Waals surface area contributed by atoms with Gasteiger partial charge in [-0.05, 0) is 31.7 Å². The molecule has 0 fully saturated rings. The fraction of sp³-hybridized carbons (Fsp3) is 0.214. The second kappa shape index (κ2) is 5.40. The van der Waals surface area contributed by atoms with Gasteiger partial charge in [0, 0.05) is 18.1 Å². The molecule has 2 heterocycles. The number of H-pyrrole nitrogens is 1. The van der Waals surface area contributed by atoms with E-state index in [4.69, 9.17) is 5.11 Å². The quantitative estimate of drug-likeness (QED) is 0.722. The number of rotatable bonds is 1. The second-order valence-electron chi connectivity index (χ2n) is 4.25. The molecule has 0 saturated heterocycles. The molecule has 0 saturated carbocycles. The van der Waals surface area contributed by atoms with E-state index < -0.39 is 5.97 Å². The summed E-state index contributed by atoms with van der Waals surface area (Å²) >= 11 is 0. The van der Waals surface area contributed by atoms with E-state index >= 15 is 0 Å². The summed E-state index contributed by atoms with van der Waals surface area (Å²) in [5.41, 5.74) is 2.47. The number of hydrogen-bond acceptors (Lipinski definition) is 2. The van der Waals surface area contributed by atoms with E-state index in [1.807, 2.05) is 12.1 Å². The Morgan fingerprint density at radius 1 is 1.33 bits per heavy atom. The molecule has 0 unspecified atom stereocenters. The summed E-state index contributed by atoms with van der Waals surface area (Å²) in [5, 5.41) is 12.8. The Bertz CT molecular complexity index is 584. The number of fused-ring (bicyclic) bond motifs is 1. The Kier molecular flexibility index (Phi) is 3.67. The minimum absolute atomic E-state index is 0.317. The van der Waals surface area contributed by atoms with E-state index in [2.05, 4.69) is 23.4 Å². The zero-order valence-electron chi connectivity index (χ0n) is 10.2. The van der Waals surface area contributed by atoms with Crippen molar-refractivity contribution >= 4 is 16.9 Å². The first-order valence-electron chi connectivity index (χ1n) is 5.87. The average Bonchev–Trinajstić information content (AvgIpc) is 2.99. The number of carboxylic acid groups (broad SMARTS) is 1. The third-order valence-electron chi connectivity index (χ3n) is 2.83. The first-order valence-corrected chi connectivity index (χ1v) is 5.87. The van der Waals surface area contributed by atoms with Crippen LogP contribution in [0.1, 0.15) is 23.7 Å². The second-order valence-corrected chi connectivity index (χ2v) is 4.25.